The Labute approximate surface area is 112 Å². The van der Waals surface area contributed by atoms with Gasteiger partial charge in [0.1, 0.15) is 5.25 Å². The van der Waals surface area contributed by atoms with Crippen LogP contribution in [-0.2, 0) is 14.6 Å². The summed E-state index contributed by atoms with van der Waals surface area (Å²) in [7, 11) is -3.51. The molecule has 0 amide bonds. The third-order valence-electron chi connectivity index (χ3n) is 4.88. The lowest BCUT2D eigenvalue weighted by molar-refractivity contribution is -0.133. The van der Waals surface area contributed by atoms with Crippen LogP contribution in [0.2, 0.25) is 0 Å². The van der Waals surface area contributed by atoms with E-state index in [9.17, 15) is 13.2 Å². The minimum atomic E-state index is -3.51. The van der Waals surface area contributed by atoms with E-state index in [1.807, 2.05) is 0 Å². The normalized spacial score (nSPS) is 39.2. The Morgan fingerprint density at radius 3 is 2.42 bits per heavy atom. The van der Waals surface area contributed by atoms with Gasteiger partial charge in [-0.15, -0.1) is 0 Å². The highest BCUT2D eigenvalue weighted by atomic mass is 32.2. The van der Waals surface area contributed by atoms with Crippen LogP contribution < -0.4 is 0 Å². The third kappa shape index (κ3) is 1.32. The van der Waals surface area contributed by atoms with Gasteiger partial charge in [-0.05, 0) is 36.3 Å². The van der Waals surface area contributed by atoms with Gasteiger partial charge in [0.05, 0.1) is 4.90 Å². The van der Waals surface area contributed by atoms with E-state index in [0.29, 0.717) is 5.92 Å². The van der Waals surface area contributed by atoms with Crippen molar-refractivity contribution in [2.24, 2.45) is 23.7 Å². The standard InChI is InChI=1S/C15H14O3S/c16-14-12-9-6-7-10(8-9)13(12)15(14)19(17,18)11-4-2-1-3-5-11/h1-7,9-10,12-13,15H,8H2/t9-,10+,12+,13-,15-/m1/s1. The number of benzene rings is 1. The van der Waals surface area contributed by atoms with Crippen molar-refractivity contribution in [3.63, 3.8) is 0 Å². The molecule has 0 aliphatic heterocycles. The number of Topliss-reactive ketones (excluding diaryl/α,β-unsaturated/α-hetero) is 1. The summed E-state index contributed by atoms with van der Waals surface area (Å²) in [5, 5.41) is -0.806. The van der Waals surface area contributed by atoms with Gasteiger partial charge < -0.3 is 0 Å². The molecule has 2 bridgehead atoms. The molecular formula is C15H14O3S. The van der Waals surface area contributed by atoms with E-state index < -0.39 is 15.1 Å². The zero-order valence-electron chi connectivity index (χ0n) is 10.3. The minimum Gasteiger partial charge on any atom is -0.298 e. The quantitative estimate of drug-likeness (QED) is 0.773. The molecule has 2 saturated carbocycles. The van der Waals surface area contributed by atoms with Crippen LogP contribution >= 0.6 is 0 Å². The van der Waals surface area contributed by atoms with Crippen LogP contribution in [0.15, 0.2) is 47.4 Å². The van der Waals surface area contributed by atoms with Crippen LogP contribution in [0, 0.1) is 23.7 Å². The van der Waals surface area contributed by atoms with E-state index in [1.54, 1.807) is 30.3 Å². The number of carbonyl (C=O) groups excluding carboxylic acids is 1. The van der Waals surface area contributed by atoms with Gasteiger partial charge in [-0.25, -0.2) is 8.42 Å². The highest BCUT2D eigenvalue weighted by Gasteiger charge is 2.65. The van der Waals surface area contributed by atoms with E-state index in [-0.39, 0.29) is 28.4 Å². The van der Waals surface area contributed by atoms with Gasteiger partial charge in [-0.2, -0.15) is 0 Å². The lowest BCUT2D eigenvalue weighted by Gasteiger charge is -2.43. The molecule has 0 unspecified atom stereocenters. The van der Waals surface area contributed by atoms with Crippen molar-refractivity contribution in [1.29, 1.82) is 0 Å². The Bertz CT molecular complexity index is 675. The maximum Gasteiger partial charge on any atom is 0.188 e. The molecule has 19 heavy (non-hydrogen) atoms. The lowest BCUT2D eigenvalue weighted by Crippen LogP contribution is -2.57. The fraction of sp³-hybridized carbons (Fsp3) is 0.400. The monoisotopic (exact) mass is 274 g/mol. The lowest BCUT2D eigenvalue weighted by atomic mass is 9.66. The molecule has 4 rings (SSSR count). The highest BCUT2D eigenvalue weighted by Crippen LogP contribution is 2.58. The van der Waals surface area contributed by atoms with E-state index in [0.717, 1.165) is 6.42 Å². The molecule has 1 aromatic rings. The van der Waals surface area contributed by atoms with Crippen molar-refractivity contribution >= 4 is 15.6 Å². The third-order valence-corrected chi connectivity index (χ3v) is 7.03. The molecule has 0 N–H and O–H groups in total. The number of fused-ring (bicyclic) bond motifs is 5. The Morgan fingerprint density at radius 1 is 1.00 bits per heavy atom. The SMILES string of the molecule is O=C1[C@@H]2[C@@H]([C@H]3C=C[C@@H]2C3)[C@H]1S(=O)(=O)c1ccccc1. The smallest absolute Gasteiger partial charge is 0.188 e. The fourth-order valence-electron chi connectivity index (χ4n) is 4.05. The molecule has 5 atom stereocenters. The number of carbonyl (C=O) groups is 1. The summed E-state index contributed by atoms with van der Waals surface area (Å²) in [6.45, 7) is 0. The Balaban J connectivity index is 1.75. The van der Waals surface area contributed by atoms with Crippen molar-refractivity contribution in [3.8, 4) is 0 Å². The summed E-state index contributed by atoms with van der Waals surface area (Å²) in [5.41, 5.74) is 0. The van der Waals surface area contributed by atoms with E-state index in [2.05, 4.69) is 12.2 Å². The van der Waals surface area contributed by atoms with Gasteiger partial charge in [-0.1, -0.05) is 30.4 Å². The minimum absolute atomic E-state index is 0.0210. The first kappa shape index (κ1) is 11.4. The number of hydrogen-bond donors (Lipinski definition) is 0. The number of allylic oxidation sites excluding steroid dienone is 2. The summed E-state index contributed by atoms with van der Waals surface area (Å²) in [4.78, 5) is 12.5. The van der Waals surface area contributed by atoms with Crippen molar-refractivity contribution in [3.05, 3.63) is 42.5 Å². The maximum atomic E-state index is 12.6. The van der Waals surface area contributed by atoms with E-state index >= 15 is 0 Å². The van der Waals surface area contributed by atoms with Crippen LogP contribution in [0.1, 0.15) is 6.42 Å². The molecule has 4 heteroatoms. The summed E-state index contributed by atoms with van der Waals surface area (Å²) >= 11 is 0. The topological polar surface area (TPSA) is 51.2 Å². The molecule has 0 radical (unpaired) electrons. The number of hydrogen-bond acceptors (Lipinski definition) is 3. The van der Waals surface area contributed by atoms with Gasteiger partial charge >= 0.3 is 0 Å². The van der Waals surface area contributed by atoms with Crippen molar-refractivity contribution < 1.29 is 13.2 Å². The van der Waals surface area contributed by atoms with E-state index in [4.69, 9.17) is 0 Å². The molecule has 3 aliphatic rings. The van der Waals surface area contributed by atoms with Gasteiger partial charge in [0.15, 0.2) is 15.6 Å². The predicted octanol–water partition coefficient (Wildman–Crippen LogP) is 1.85. The van der Waals surface area contributed by atoms with Crippen molar-refractivity contribution in [2.75, 3.05) is 0 Å². The van der Waals surface area contributed by atoms with Crippen LogP contribution in [0.25, 0.3) is 0 Å². The predicted molar refractivity (Wildman–Crippen MR) is 70.1 cm³/mol. The second-order valence-electron chi connectivity index (χ2n) is 5.73. The fourth-order valence-corrected chi connectivity index (χ4v) is 6.13. The van der Waals surface area contributed by atoms with Crippen LogP contribution in [0.4, 0.5) is 0 Å². The van der Waals surface area contributed by atoms with Crippen molar-refractivity contribution in [2.45, 2.75) is 16.6 Å². The summed E-state index contributed by atoms with van der Waals surface area (Å²) in [5.74, 6) is 0.512. The first-order valence-corrected chi connectivity index (χ1v) is 8.16. The number of rotatable bonds is 2. The zero-order chi connectivity index (χ0) is 13.2. The largest absolute Gasteiger partial charge is 0.298 e. The molecule has 0 aromatic heterocycles. The average molecular weight is 274 g/mol. The molecule has 1 aromatic carbocycles. The molecule has 0 saturated heterocycles. The summed E-state index contributed by atoms with van der Waals surface area (Å²) in [6.07, 6.45) is 5.16. The average Bonchev–Trinajstić information content (AvgIpc) is 2.96. The zero-order valence-corrected chi connectivity index (χ0v) is 11.1. The van der Waals surface area contributed by atoms with Crippen LogP contribution in [0.3, 0.4) is 0 Å². The molecule has 98 valence electrons. The second kappa shape index (κ2) is 3.57. The first-order chi connectivity index (χ1) is 9.10. The summed E-state index contributed by atoms with van der Waals surface area (Å²) in [6, 6.07) is 8.35. The maximum absolute atomic E-state index is 12.6. The second-order valence-corrected chi connectivity index (χ2v) is 7.80. The van der Waals surface area contributed by atoms with Gasteiger partial charge in [0.2, 0.25) is 0 Å². The molecule has 3 aliphatic carbocycles. The number of sulfone groups is 1. The first-order valence-electron chi connectivity index (χ1n) is 6.62. The Kier molecular flexibility index (Phi) is 2.14. The van der Waals surface area contributed by atoms with E-state index in [1.165, 1.54) is 0 Å². The highest BCUT2D eigenvalue weighted by molar-refractivity contribution is 7.93. The molecular weight excluding hydrogens is 260 g/mol. The Hall–Kier alpha value is -1.42. The van der Waals surface area contributed by atoms with Gasteiger partial charge in [0, 0.05) is 5.92 Å². The van der Waals surface area contributed by atoms with Crippen LogP contribution in [-0.4, -0.2) is 19.5 Å². The summed E-state index contributed by atoms with van der Waals surface area (Å²) < 4.78 is 25.2. The van der Waals surface area contributed by atoms with Crippen molar-refractivity contribution in [1.82, 2.24) is 0 Å². The molecule has 0 heterocycles. The Morgan fingerprint density at radius 2 is 1.68 bits per heavy atom. The molecule has 3 nitrogen and oxygen atoms in total. The van der Waals surface area contributed by atoms with Gasteiger partial charge in [0.25, 0.3) is 0 Å². The van der Waals surface area contributed by atoms with Crippen LogP contribution in [0.5, 0.6) is 0 Å². The van der Waals surface area contributed by atoms with Gasteiger partial charge in [-0.3, -0.25) is 4.79 Å². The number of ketones is 1. The molecule has 0 spiro atoms. The molecule has 2 fully saturated rings.